The second-order valence-electron chi connectivity index (χ2n) is 8.16. The Bertz CT molecular complexity index is 1190. The van der Waals surface area contributed by atoms with E-state index in [4.69, 9.17) is 9.97 Å². The van der Waals surface area contributed by atoms with Gasteiger partial charge in [0.1, 0.15) is 5.52 Å². The van der Waals surface area contributed by atoms with Crippen LogP contribution in [0.15, 0.2) is 42.5 Å². The van der Waals surface area contributed by atoms with Gasteiger partial charge in [0, 0.05) is 23.0 Å². The molecule has 4 aromatic rings. The fourth-order valence-electron chi connectivity index (χ4n) is 4.36. The molecular formula is C24H27N5O. The van der Waals surface area contributed by atoms with E-state index >= 15 is 0 Å². The van der Waals surface area contributed by atoms with E-state index in [0.717, 1.165) is 46.1 Å². The number of aromatic amines is 1. The largest absolute Gasteiger partial charge is 0.352 e. The molecular weight excluding hydrogens is 374 g/mol. The summed E-state index contributed by atoms with van der Waals surface area (Å²) in [6, 6.07) is 13.6. The van der Waals surface area contributed by atoms with Gasteiger partial charge in [0.15, 0.2) is 5.65 Å². The minimum absolute atomic E-state index is 0.0476. The molecule has 0 aliphatic carbocycles. The zero-order valence-electron chi connectivity index (χ0n) is 17.2. The number of nitrogens with zero attached hydrogens (tertiary/aromatic N) is 3. The average Bonchev–Trinajstić information content (AvgIpc) is 2.93. The Balaban J connectivity index is 1.28. The highest BCUT2D eigenvalue weighted by molar-refractivity contribution is 6.06. The van der Waals surface area contributed by atoms with Gasteiger partial charge in [-0.2, -0.15) is 0 Å². The summed E-state index contributed by atoms with van der Waals surface area (Å²) in [5.74, 6) is -0.0476. The minimum Gasteiger partial charge on any atom is -0.352 e. The molecule has 2 N–H and O–H groups in total. The fraction of sp³-hybridized carbons (Fsp3) is 0.375. The molecule has 0 unspecified atom stereocenters. The standard InChI is InChI=1S/C24H27N5O/c30-24(25-12-7-15-29-13-5-1-2-6-14-29)17-10-11-20-21(16-17)26-22-18-8-3-4-9-19(18)27-23(22)28-20/h3-4,8-11,16H,1-2,5-7,12-15H2,(H,25,30)(H,27,28). The molecule has 5 rings (SSSR count). The Morgan fingerprint density at radius 2 is 1.83 bits per heavy atom. The molecule has 1 amide bonds. The van der Waals surface area contributed by atoms with Gasteiger partial charge in [0.25, 0.3) is 5.91 Å². The predicted molar refractivity (Wildman–Crippen MR) is 121 cm³/mol. The maximum atomic E-state index is 12.6. The number of aromatic nitrogens is 3. The summed E-state index contributed by atoms with van der Waals surface area (Å²) >= 11 is 0. The van der Waals surface area contributed by atoms with Crippen molar-refractivity contribution in [1.82, 2.24) is 25.2 Å². The molecule has 0 spiro atoms. The maximum absolute atomic E-state index is 12.6. The van der Waals surface area contributed by atoms with Gasteiger partial charge >= 0.3 is 0 Å². The molecule has 30 heavy (non-hydrogen) atoms. The number of rotatable bonds is 5. The summed E-state index contributed by atoms with van der Waals surface area (Å²) in [7, 11) is 0. The van der Waals surface area contributed by atoms with Crippen LogP contribution >= 0.6 is 0 Å². The number of hydrogen-bond donors (Lipinski definition) is 2. The number of fused-ring (bicyclic) bond motifs is 4. The van der Waals surface area contributed by atoms with Crippen LogP contribution in [0, 0.1) is 0 Å². The highest BCUT2D eigenvalue weighted by atomic mass is 16.1. The third kappa shape index (κ3) is 3.87. The third-order valence-corrected chi connectivity index (χ3v) is 6.00. The molecule has 0 atom stereocenters. The molecule has 0 radical (unpaired) electrons. The monoisotopic (exact) mass is 401 g/mol. The van der Waals surface area contributed by atoms with Gasteiger partial charge in [-0.3, -0.25) is 4.79 Å². The molecule has 1 aliphatic rings. The van der Waals surface area contributed by atoms with Crippen molar-refractivity contribution in [3.8, 4) is 0 Å². The summed E-state index contributed by atoms with van der Waals surface area (Å²) in [5, 5.41) is 4.11. The van der Waals surface area contributed by atoms with Crippen molar-refractivity contribution in [2.24, 2.45) is 0 Å². The van der Waals surface area contributed by atoms with Gasteiger partial charge in [0.05, 0.1) is 11.0 Å². The van der Waals surface area contributed by atoms with Crippen molar-refractivity contribution in [2.75, 3.05) is 26.2 Å². The van der Waals surface area contributed by atoms with Gasteiger partial charge in [-0.1, -0.05) is 31.0 Å². The lowest BCUT2D eigenvalue weighted by molar-refractivity contribution is 0.0952. The smallest absolute Gasteiger partial charge is 0.251 e. The Morgan fingerprint density at radius 1 is 1.00 bits per heavy atom. The van der Waals surface area contributed by atoms with Crippen LogP contribution in [0.5, 0.6) is 0 Å². The number of amides is 1. The second-order valence-corrected chi connectivity index (χ2v) is 8.16. The number of benzene rings is 2. The zero-order valence-corrected chi connectivity index (χ0v) is 17.2. The first-order valence-corrected chi connectivity index (χ1v) is 11.0. The number of hydrogen-bond acceptors (Lipinski definition) is 4. The van der Waals surface area contributed by atoms with Crippen molar-refractivity contribution < 1.29 is 4.79 Å². The zero-order chi connectivity index (χ0) is 20.3. The van der Waals surface area contributed by atoms with Crippen LogP contribution in [0.1, 0.15) is 42.5 Å². The molecule has 0 bridgehead atoms. The molecule has 0 saturated carbocycles. The van der Waals surface area contributed by atoms with Crippen LogP contribution < -0.4 is 5.32 Å². The predicted octanol–water partition coefficient (Wildman–Crippen LogP) is 4.26. The van der Waals surface area contributed by atoms with Crippen LogP contribution in [0.4, 0.5) is 0 Å². The summed E-state index contributed by atoms with van der Waals surface area (Å²) in [6.07, 6.45) is 6.28. The van der Waals surface area contributed by atoms with Crippen molar-refractivity contribution >= 4 is 39.0 Å². The molecule has 6 nitrogen and oxygen atoms in total. The van der Waals surface area contributed by atoms with Crippen LogP contribution in [-0.2, 0) is 0 Å². The first kappa shape index (κ1) is 19.0. The molecule has 1 saturated heterocycles. The SMILES string of the molecule is O=C(NCCCN1CCCCCC1)c1ccc2nc3[nH]c4ccccc4c3nc2c1. The number of carbonyl (C=O) groups excluding carboxylic acids is 1. The van der Waals surface area contributed by atoms with Crippen LogP contribution in [-0.4, -0.2) is 51.9 Å². The number of H-pyrrole nitrogens is 1. The van der Waals surface area contributed by atoms with E-state index in [1.54, 1.807) is 0 Å². The molecule has 1 fully saturated rings. The van der Waals surface area contributed by atoms with Gasteiger partial charge in [-0.25, -0.2) is 9.97 Å². The van der Waals surface area contributed by atoms with Gasteiger partial charge < -0.3 is 15.2 Å². The second kappa shape index (κ2) is 8.40. The Morgan fingerprint density at radius 3 is 2.70 bits per heavy atom. The van der Waals surface area contributed by atoms with Crippen molar-refractivity contribution in [3.05, 3.63) is 48.0 Å². The van der Waals surface area contributed by atoms with E-state index in [0.29, 0.717) is 12.1 Å². The molecule has 154 valence electrons. The summed E-state index contributed by atoms with van der Waals surface area (Å²) in [5.41, 5.74) is 4.79. The Kier molecular flexibility index (Phi) is 5.32. The van der Waals surface area contributed by atoms with E-state index in [9.17, 15) is 4.79 Å². The maximum Gasteiger partial charge on any atom is 0.251 e. The molecule has 2 aromatic carbocycles. The molecule has 1 aliphatic heterocycles. The number of likely N-dealkylation sites (tertiary alicyclic amines) is 1. The number of nitrogens with one attached hydrogen (secondary N) is 2. The van der Waals surface area contributed by atoms with Crippen molar-refractivity contribution in [3.63, 3.8) is 0 Å². The van der Waals surface area contributed by atoms with Crippen molar-refractivity contribution in [2.45, 2.75) is 32.1 Å². The third-order valence-electron chi connectivity index (χ3n) is 6.00. The lowest BCUT2D eigenvalue weighted by Crippen LogP contribution is -2.30. The topological polar surface area (TPSA) is 73.9 Å². The van der Waals surface area contributed by atoms with Crippen LogP contribution in [0.2, 0.25) is 0 Å². The lowest BCUT2D eigenvalue weighted by Gasteiger charge is -2.19. The molecule has 6 heteroatoms. The van der Waals surface area contributed by atoms with Gasteiger partial charge in [-0.05, 0) is 63.2 Å². The van der Waals surface area contributed by atoms with E-state index in [2.05, 4.69) is 15.2 Å². The molecule has 3 heterocycles. The summed E-state index contributed by atoms with van der Waals surface area (Å²) < 4.78 is 0. The lowest BCUT2D eigenvalue weighted by atomic mass is 10.1. The van der Waals surface area contributed by atoms with Gasteiger partial charge in [0.2, 0.25) is 0 Å². The van der Waals surface area contributed by atoms with Crippen molar-refractivity contribution in [1.29, 1.82) is 0 Å². The average molecular weight is 402 g/mol. The quantitative estimate of drug-likeness (QED) is 0.490. The first-order chi connectivity index (χ1) is 14.8. The highest BCUT2D eigenvalue weighted by Gasteiger charge is 2.12. The number of para-hydroxylation sites is 1. The molecule has 2 aromatic heterocycles. The van der Waals surface area contributed by atoms with E-state index in [-0.39, 0.29) is 5.91 Å². The van der Waals surface area contributed by atoms with Crippen LogP contribution in [0.25, 0.3) is 33.1 Å². The highest BCUT2D eigenvalue weighted by Crippen LogP contribution is 2.24. The van der Waals surface area contributed by atoms with Gasteiger partial charge in [-0.15, -0.1) is 0 Å². The fourth-order valence-corrected chi connectivity index (χ4v) is 4.36. The number of carbonyl (C=O) groups is 1. The van der Waals surface area contributed by atoms with E-state index in [1.807, 2.05) is 42.5 Å². The Labute approximate surface area is 175 Å². The van der Waals surface area contributed by atoms with E-state index in [1.165, 1.54) is 38.8 Å². The normalized spacial score (nSPS) is 15.6. The van der Waals surface area contributed by atoms with E-state index < -0.39 is 0 Å². The summed E-state index contributed by atoms with van der Waals surface area (Å²) in [4.78, 5) is 28.0. The van der Waals surface area contributed by atoms with Crippen LogP contribution in [0.3, 0.4) is 0 Å². The first-order valence-electron chi connectivity index (χ1n) is 11.0. The minimum atomic E-state index is -0.0476. The Hall–Kier alpha value is -2.99. The summed E-state index contributed by atoms with van der Waals surface area (Å²) in [6.45, 7) is 4.14.